The van der Waals surface area contributed by atoms with Gasteiger partial charge in [-0.25, -0.2) is 0 Å². The highest BCUT2D eigenvalue weighted by Gasteiger charge is 2.15. The summed E-state index contributed by atoms with van der Waals surface area (Å²) in [6.45, 7) is 0. The zero-order valence-corrected chi connectivity index (χ0v) is 17.5. The van der Waals surface area contributed by atoms with Crippen molar-refractivity contribution in [1.29, 1.82) is 0 Å². The first kappa shape index (κ1) is 19.2. The Balaban J connectivity index is 1.66. The standard InChI is InChI=1S/C17H13BrCl2N4OS/c1-24-16(11-4-2-3-5-13(11)19)22-23-17(24)26-9-15(25)21-10-6-7-14(20)12(18)8-10/h2-8H,9H2,1H3,(H,21,25). The highest BCUT2D eigenvalue weighted by molar-refractivity contribution is 9.10. The second kappa shape index (κ2) is 8.43. The molecule has 0 aliphatic rings. The molecule has 1 aromatic heterocycles. The number of benzene rings is 2. The van der Waals surface area contributed by atoms with Gasteiger partial charge in [0.05, 0.1) is 15.8 Å². The molecule has 1 heterocycles. The zero-order valence-electron chi connectivity index (χ0n) is 13.5. The molecule has 2 aromatic carbocycles. The number of nitrogens with zero attached hydrogens (tertiary/aromatic N) is 3. The van der Waals surface area contributed by atoms with Crippen LogP contribution < -0.4 is 5.32 Å². The van der Waals surface area contributed by atoms with Gasteiger partial charge in [0.25, 0.3) is 0 Å². The van der Waals surface area contributed by atoms with E-state index in [0.717, 1.165) is 10.0 Å². The highest BCUT2D eigenvalue weighted by Crippen LogP contribution is 2.29. The van der Waals surface area contributed by atoms with E-state index >= 15 is 0 Å². The van der Waals surface area contributed by atoms with E-state index in [1.807, 2.05) is 29.8 Å². The molecule has 134 valence electrons. The summed E-state index contributed by atoms with van der Waals surface area (Å²) in [4.78, 5) is 12.2. The summed E-state index contributed by atoms with van der Waals surface area (Å²) in [5, 5.41) is 13.0. The van der Waals surface area contributed by atoms with Crippen LogP contribution >= 0.6 is 50.9 Å². The predicted molar refractivity (Wildman–Crippen MR) is 110 cm³/mol. The minimum absolute atomic E-state index is 0.147. The lowest BCUT2D eigenvalue weighted by Crippen LogP contribution is -2.14. The van der Waals surface area contributed by atoms with Gasteiger partial charge in [0.1, 0.15) is 0 Å². The molecule has 0 unspecified atom stereocenters. The van der Waals surface area contributed by atoms with Crippen LogP contribution in [0.15, 0.2) is 52.1 Å². The summed E-state index contributed by atoms with van der Waals surface area (Å²) in [7, 11) is 1.84. The van der Waals surface area contributed by atoms with Crippen molar-refractivity contribution in [3.05, 3.63) is 57.0 Å². The molecule has 5 nitrogen and oxygen atoms in total. The molecule has 9 heteroatoms. The quantitative estimate of drug-likeness (QED) is 0.514. The molecule has 0 aliphatic carbocycles. The van der Waals surface area contributed by atoms with Crippen LogP contribution in [0.25, 0.3) is 11.4 Å². The summed E-state index contributed by atoms with van der Waals surface area (Å²) < 4.78 is 2.54. The maximum Gasteiger partial charge on any atom is 0.234 e. The van der Waals surface area contributed by atoms with Crippen LogP contribution in [0.1, 0.15) is 0 Å². The molecular weight excluding hydrogens is 459 g/mol. The number of anilines is 1. The van der Waals surface area contributed by atoms with Gasteiger partial charge in [0.15, 0.2) is 11.0 Å². The molecule has 0 saturated carbocycles. The first-order chi connectivity index (χ1) is 12.5. The Labute approximate surface area is 173 Å². The Hall–Kier alpha value is -1.54. The Bertz CT molecular complexity index is 964. The number of carbonyl (C=O) groups is 1. The maximum absolute atomic E-state index is 12.2. The summed E-state index contributed by atoms with van der Waals surface area (Å²) in [5.41, 5.74) is 1.47. The lowest BCUT2D eigenvalue weighted by Gasteiger charge is -2.07. The second-order valence-electron chi connectivity index (χ2n) is 5.31. The van der Waals surface area contributed by atoms with E-state index in [0.29, 0.717) is 26.7 Å². The van der Waals surface area contributed by atoms with Gasteiger partial charge in [-0.3, -0.25) is 4.79 Å². The van der Waals surface area contributed by atoms with E-state index in [1.54, 1.807) is 24.3 Å². The third kappa shape index (κ3) is 4.40. The second-order valence-corrected chi connectivity index (χ2v) is 7.92. The Morgan fingerprint density at radius 2 is 1.96 bits per heavy atom. The molecule has 3 aromatic rings. The normalized spacial score (nSPS) is 10.8. The van der Waals surface area contributed by atoms with Crippen molar-refractivity contribution >= 4 is 62.5 Å². The van der Waals surface area contributed by atoms with Crippen molar-refractivity contribution in [1.82, 2.24) is 14.8 Å². The van der Waals surface area contributed by atoms with Crippen molar-refractivity contribution in [2.45, 2.75) is 5.16 Å². The van der Waals surface area contributed by atoms with Crippen LogP contribution in [0.4, 0.5) is 5.69 Å². The van der Waals surface area contributed by atoms with Gasteiger partial charge in [-0.15, -0.1) is 10.2 Å². The average molecular weight is 472 g/mol. The van der Waals surface area contributed by atoms with Crippen molar-refractivity contribution in [3.8, 4) is 11.4 Å². The summed E-state index contributed by atoms with van der Waals surface area (Å²) in [6.07, 6.45) is 0. The van der Waals surface area contributed by atoms with Gasteiger partial charge >= 0.3 is 0 Å². The van der Waals surface area contributed by atoms with E-state index in [9.17, 15) is 4.79 Å². The SMILES string of the molecule is Cn1c(SCC(=O)Nc2ccc(Cl)c(Br)c2)nnc1-c1ccccc1Cl. The molecule has 0 bridgehead atoms. The third-order valence-corrected chi connectivity index (χ3v) is 6.05. The van der Waals surface area contributed by atoms with Gasteiger partial charge < -0.3 is 9.88 Å². The fourth-order valence-electron chi connectivity index (χ4n) is 2.22. The topological polar surface area (TPSA) is 59.8 Å². The number of halogens is 3. The van der Waals surface area contributed by atoms with E-state index in [1.165, 1.54) is 11.8 Å². The molecule has 0 saturated heterocycles. The van der Waals surface area contributed by atoms with Crippen molar-refractivity contribution in [3.63, 3.8) is 0 Å². The van der Waals surface area contributed by atoms with Gasteiger partial charge in [0.2, 0.25) is 5.91 Å². The number of amides is 1. The van der Waals surface area contributed by atoms with E-state index < -0.39 is 0 Å². The number of carbonyl (C=O) groups excluding carboxylic acids is 1. The Morgan fingerprint density at radius 1 is 1.19 bits per heavy atom. The minimum Gasteiger partial charge on any atom is -0.325 e. The Morgan fingerprint density at radius 3 is 2.69 bits per heavy atom. The lowest BCUT2D eigenvalue weighted by molar-refractivity contribution is -0.113. The smallest absolute Gasteiger partial charge is 0.234 e. The molecule has 1 N–H and O–H groups in total. The van der Waals surface area contributed by atoms with Crippen molar-refractivity contribution in [2.75, 3.05) is 11.1 Å². The van der Waals surface area contributed by atoms with Gasteiger partial charge in [-0.2, -0.15) is 0 Å². The molecule has 1 amide bonds. The molecule has 0 atom stereocenters. The van der Waals surface area contributed by atoms with Crippen LogP contribution in [-0.4, -0.2) is 26.4 Å². The monoisotopic (exact) mass is 470 g/mol. The maximum atomic E-state index is 12.2. The van der Waals surface area contributed by atoms with E-state index in [4.69, 9.17) is 23.2 Å². The van der Waals surface area contributed by atoms with Gasteiger partial charge in [0, 0.05) is 22.8 Å². The molecular formula is C17H13BrCl2N4OS. The van der Waals surface area contributed by atoms with Gasteiger partial charge in [-0.05, 0) is 46.3 Å². The number of nitrogens with one attached hydrogen (secondary N) is 1. The van der Waals surface area contributed by atoms with Crippen molar-refractivity contribution in [2.24, 2.45) is 7.05 Å². The average Bonchev–Trinajstić information content (AvgIpc) is 2.97. The number of hydrogen-bond acceptors (Lipinski definition) is 4. The van der Waals surface area contributed by atoms with Crippen LogP contribution in [0, 0.1) is 0 Å². The van der Waals surface area contributed by atoms with Crippen LogP contribution in [0.3, 0.4) is 0 Å². The molecule has 3 rings (SSSR count). The van der Waals surface area contributed by atoms with Crippen LogP contribution in [0.2, 0.25) is 10.0 Å². The van der Waals surface area contributed by atoms with E-state index in [2.05, 4.69) is 31.4 Å². The predicted octanol–water partition coefficient (Wildman–Crippen LogP) is 5.28. The number of hydrogen-bond donors (Lipinski definition) is 1. The van der Waals surface area contributed by atoms with Crippen LogP contribution in [-0.2, 0) is 11.8 Å². The largest absolute Gasteiger partial charge is 0.325 e. The molecule has 0 fully saturated rings. The molecule has 0 aliphatic heterocycles. The number of thioether (sulfide) groups is 1. The summed E-state index contributed by atoms with van der Waals surface area (Å²) in [6, 6.07) is 12.6. The summed E-state index contributed by atoms with van der Waals surface area (Å²) in [5.74, 6) is 0.709. The third-order valence-electron chi connectivity index (χ3n) is 3.49. The minimum atomic E-state index is -0.147. The lowest BCUT2D eigenvalue weighted by atomic mass is 10.2. The number of rotatable bonds is 5. The van der Waals surface area contributed by atoms with Crippen LogP contribution in [0.5, 0.6) is 0 Å². The molecule has 26 heavy (non-hydrogen) atoms. The fourth-order valence-corrected chi connectivity index (χ4v) is 3.65. The highest BCUT2D eigenvalue weighted by atomic mass is 79.9. The number of aromatic nitrogens is 3. The first-order valence-corrected chi connectivity index (χ1v) is 10.0. The summed E-state index contributed by atoms with van der Waals surface area (Å²) >= 11 is 16.8. The zero-order chi connectivity index (χ0) is 18.7. The Kier molecular flexibility index (Phi) is 6.24. The van der Waals surface area contributed by atoms with Crippen molar-refractivity contribution < 1.29 is 4.79 Å². The first-order valence-electron chi connectivity index (χ1n) is 7.47. The fraction of sp³-hybridized carbons (Fsp3) is 0.118. The van der Waals surface area contributed by atoms with E-state index in [-0.39, 0.29) is 11.7 Å². The molecule has 0 radical (unpaired) electrons. The van der Waals surface area contributed by atoms with Gasteiger partial charge in [-0.1, -0.05) is 47.1 Å². The molecule has 0 spiro atoms.